The maximum absolute atomic E-state index is 13.7. The Hall–Kier alpha value is -1.65. The van der Waals surface area contributed by atoms with Crippen LogP contribution in [0.5, 0.6) is 0 Å². The third kappa shape index (κ3) is 2.44. The summed E-state index contributed by atoms with van der Waals surface area (Å²) in [5, 5.41) is 10.2. The van der Waals surface area contributed by atoms with Gasteiger partial charge < -0.3 is 15.3 Å². The van der Waals surface area contributed by atoms with Gasteiger partial charge in [0.15, 0.2) is 0 Å². The van der Waals surface area contributed by atoms with Gasteiger partial charge in [-0.2, -0.15) is 0 Å². The van der Waals surface area contributed by atoms with E-state index in [9.17, 15) is 9.50 Å². The predicted molar refractivity (Wildman–Crippen MR) is 66.6 cm³/mol. The van der Waals surface area contributed by atoms with E-state index in [0.29, 0.717) is 17.1 Å². The minimum absolute atomic E-state index is 0.141. The number of benzene rings is 1. The maximum Gasteiger partial charge on any atom is 0.133 e. The fraction of sp³-hybridized carbons (Fsp3) is 0.286. The summed E-state index contributed by atoms with van der Waals surface area (Å²) in [5.74, 6) is 0.228. The third-order valence-electron chi connectivity index (χ3n) is 2.99. The molecule has 2 unspecified atom stereocenters. The van der Waals surface area contributed by atoms with E-state index >= 15 is 0 Å². The number of aliphatic hydroxyl groups excluding tert-OH is 1. The van der Waals surface area contributed by atoms with Crippen LogP contribution in [0.25, 0.3) is 0 Å². The van der Waals surface area contributed by atoms with Crippen LogP contribution in [-0.4, -0.2) is 11.7 Å². The Bertz CT molecular complexity index is 524. The highest BCUT2D eigenvalue weighted by atomic mass is 19.1. The molecule has 96 valence electrons. The normalized spacial score (nSPS) is 14.4. The molecule has 0 fully saturated rings. The summed E-state index contributed by atoms with van der Waals surface area (Å²) >= 11 is 0. The van der Waals surface area contributed by atoms with Crippen molar-refractivity contribution in [2.24, 2.45) is 5.73 Å². The Balaban J connectivity index is 2.32. The molecule has 0 saturated carbocycles. The summed E-state index contributed by atoms with van der Waals surface area (Å²) in [5.41, 5.74) is 6.05. The lowest BCUT2D eigenvalue weighted by Crippen LogP contribution is -2.20. The summed E-state index contributed by atoms with van der Waals surface area (Å²) in [6.07, 6.45) is -0.944. The van der Waals surface area contributed by atoms with E-state index in [1.54, 1.807) is 37.3 Å². The smallest absolute Gasteiger partial charge is 0.133 e. The molecule has 0 radical (unpaired) electrons. The molecule has 2 atom stereocenters. The lowest BCUT2D eigenvalue weighted by atomic mass is 9.91. The highest BCUT2D eigenvalue weighted by Crippen LogP contribution is 2.32. The molecule has 3 N–H and O–H groups in total. The van der Waals surface area contributed by atoms with Gasteiger partial charge in [-0.1, -0.05) is 18.2 Å². The molecule has 1 aromatic carbocycles. The van der Waals surface area contributed by atoms with Gasteiger partial charge in [-0.25, -0.2) is 4.39 Å². The number of aliphatic hydroxyl groups is 1. The van der Waals surface area contributed by atoms with Gasteiger partial charge in [0, 0.05) is 12.5 Å². The number of hydrogen-bond acceptors (Lipinski definition) is 3. The SMILES string of the molecule is Cc1ccc(C(O)C(CN)c2ccccc2F)o1. The quantitative estimate of drug-likeness (QED) is 0.875. The highest BCUT2D eigenvalue weighted by molar-refractivity contribution is 5.25. The van der Waals surface area contributed by atoms with Crippen molar-refractivity contribution in [3.63, 3.8) is 0 Å². The van der Waals surface area contributed by atoms with Crippen LogP contribution >= 0.6 is 0 Å². The standard InChI is InChI=1S/C14H16FNO2/c1-9-6-7-13(18-9)14(17)11(8-16)10-4-2-3-5-12(10)15/h2-7,11,14,17H,8,16H2,1H3. The molecule has 4 heteroatoms. The minimum Gasteiger partial charge on any atom is -0.464 e. The molecule has 0 spiro atoms. The fourth-order valence-corrected chi connectivity index (χ4v) is 2.01. The monoisotopic (exact) mass is 249 g/mol. The number of furan rings is 1. The average molecular weight is 249 g/mol. The average Bonchev–Trinajstić information content (AvgIpc) is 2.79. The van der Waals surface area contributed by atoms with Crippen LogP contribution in [0.15, 0.2) is 40.8 Å². The Morgan fingerprint density at radius 2 is 2.00 bits per heavy atom. The number of hydrogen-bond donors (Lipinski definition) is 2. The molecule has 2 aromatic rings. The summed E-state index contributed by atoms with van der Waals surface area (Å²) in [6, 6.07) is 9.76. The summed E-state index contributed by atoms with van der Waals surface area (Å²) in [6.45, 7) is 1.93. The van der Waals surface area contributed by atoms with Crippen molar-refractivity contribution in [3.05, 3.63) is 59.3 Å². The van der Waals surface area contributed by atoms with Gasteiger partial charge in [0.1, 0.15) is 23.4 Å². The molecule has 0 amide bonds. The summed E-state index contributed by atoms with van der Waals surface area (Å²) < 4.78 is 19.1. The molecule has 0 aliphatic rings. The largest absolute Gasteiger partial charge is 0.464 e. The van der Waals surface area contributed by atoms with E-state index in [1.165, 1.54) is 6.07 Å². The van der Waals surface area contributed by atoms with Crippen LogP contribution < -0.4 is 5.73 Å². The molecule has 1 aromatic heterocycles. The summed E-state index contributed by atoms with van der Waals surface area (Å²) in [4.78, 5) is 0. The minimum atomic E-state index is -0.944. The molecule has 0 aliphatic heterocycles. The van der Waals surface area contributed by atoms with E-state index in [2.05, 4.69) is 0 Å². The van der Waals surface area contributed by atoms with Gasteiger partial charge in [0.05, 0.1) is 0 Å². The molecule has 0 saturated heterocycles. The molecule has 0 aliphatic carbocycles. The zero-order chi connectivity index (χ0) is 13.1. The first-order valence-electron chi connectivity index (χ1n) is 5.82. The van der Waals surface area contributed by atoms with Gasteiger partial charge in [0.25, 0.3) is 0 Å². The second kappa shape index (κ2) is 5.33. The molecular formula is C14H16FNO2. The third-order valence-corrected chi connectivity index (χ3v) is 2.99. The first-order chi connectivity index (χ1) is 8.63. The molecule has 0 bridgehead atoms. The lowest BCUT2D eigenvalue weighted by molar-refractivity contribution is 0.119. The number of rotatable bonds is 4. The van der Waals surface area contributed by atoms with E-state index in [0.717, 1.165) is 0 Å². The van der Waals surface area contributed by atoms with Crippen molar-refractivity contribution in [3.8, 4) is 0 Å². The Morgan fingerprint density at radius 1 is 1.28 bits per heavy atom. The van der Waals surface area contributed by atoms with Crippen LogP contribution in [0.3, 0.4) is 0 Å². The van der Waals surface area contributed by atoms with Gasteiger partial charge in [-0.15, -0.1) is 0 Å². The molecule has 2 rings (SSSR count). The fourth-order valence-electron chi connectivity index (χ4n) is 2.01. The van der Waals surface area contributed by atoms with Crippen molar-refractivity contribution >= 4 is 0 Å². The van der Waals surface area contributed by atoms with E-state index < -0.39 is 12.0 Å². The molecule has 1 heterocycles. The van der Waals surface area contributed by atoms with Crippen molar-refractivity contribution in [2.45, 2.75) is 18.9 Å². The zero-order valence-corrected chi connectivity index (χ0v) is 10.1. The van der Waals surface area contributed by atoms with Gasteiger partial charge in [-0.05, 0) is 30.7 Å². The number of nitrogens with two attached hydrogens (primary N) is 1. The topological polar surface area (TPSA) is 59.4 Å². The molecular weight excluding hydrogens is 233 g/mol. The summed E-state index contributed by atoms with van der Waals surface area (Å²) in [7, 11) is 0. The van der Waals surface area contributed by atoms with Crippen molar-refractivity contribution in [1.29, 1.82) is 0 Å². The predicted octanol–water partition coefficient (Wildman–Crippen LogP) is 2.50. The second-order valence-corrected chi connectivity index (χ2v) is 4.26. The van der Waals surface area contributed by atoms with Crippen LogP contribution in [0.2, 0.25) is 0 Å². The number of halogens is 1. The van der Waals surface area contributed by atoms with Gasteiger partial charge >= 0.3 is 0 Å². The van der Waals surface area contributed by atoms with Crippen LogP contribution in [0.1, 0.15) is 29.1 Å². The van der Waals surface area contributed by atoms with Gasteiger partial charge in [-0.3, -0.25) is 0 Å². The molecule has 18 heavy (non-hydrogen) atoms. The van der Waals surface area contributed by atoms with Gasteiger partial charge in [0.2, 0.25) is 0 Å². The Labute approximate surface area is 105 Å². The lowest BCUT2D eigenvalue weighted by Gasteiger charge is -2.20. The highest BCUT2D eigenvalue weighted by Gasteiger charge is 2.26. The van der Waals surface area contributed by atoms with Crippen LogP contribution in [0, 0.1) is 12.7 Å². The Morgan fingerprint density at radius 3 is 2.56 bits per heavy atom. The van der Waals surface area contributed by atoms with Crippen molar-refractivity contribution in [1.82, 2.24) is 0 Å². The van der Waals surface area contributed by atoms with Crippen LogP contribution in [0.4, 0.5) is 4.39 Å². The van der Waals surface area contributed by atoms with Crippen molar-refractivity contribution in [2.75, 3.05) is 6.54 Å². The first-order valence-corrected chi connectivity index (χ1v) is 5.82. The van der Waals surface area contributed by atoms with E-state index in [4.69, 9.17) is 10.2 Å². The maximum atomic E-state index is 13.7. The first kappa shape index (κ1) is 12.8. The van der Waals surface area contributed by atoms with E-state index in [-0.39, 0.29) is 12.4 Å². The number of aryl methyl sites for hydroxylation is 1. The van der Waals surface area contributed by atoms with Crippen LogP contribution in [-0.2, 0) is 0 Å². The zero-order valence-electron chi connectivity index (χ0n) is 10.1. The second-order valence-electron chi connectivity index (χ2n) is 4.26. The Kier molecular flexibility index (Phi) is 3.79. The van der Waals surface area contributed by atoms with Crippen molar-refractivity contribution < 1.29 is 13.9 Å². The molecule has 3 nitrogen and oxygen atoms in total. The van der Waals surface area contributed by atoms with E-state index in [1.807, 2.05) is 0 Å².